The van der Waals surface area contributed by atoms with Crippen molar-refractivity contribution in [2.75, 3.05) is 0 Å². The van der Waals surface area contributed by atoms with Crippen molar-refractivity contribution in [3.8, 4) is 0 Å². The molecule has 0 aromatic rings. The number of hydrogen-bond donors (Lipinski definition) is 1. The van der Waals surface area contributed by atoms with Crippen molar-refractivity contribution < 1.29 is 9.59 Å². The Balaban J connectivity index is 2.36. The third kappa shape index (κ3) is 0.823. The lowest BCUT2D eigenvalue weighted by Gasteiger charge is -2.26. The van der Waals surface area contributed by atoms with E-state index in [0.29, 0.717) is 18.7 Å². The summed E-state index contributed by atoms with van der Waals surface area (Å²) in [6, 6.07) is -0.310. The monoisotopic (exact) mass is 167 g/mol. The Hall–Kier alpha value is -1.39. The Morgan fingerprint density at radius 3 is 3.00 bits per heavy atom. The molecule has 1 unspecified atom stereocenters. The second-order valence-corrected chi connectivity index (χ2v) is 2.95. The number of nitrogens with zero attached hydrogens (tertiary/aromatic N) is 2. The van der Waals surface area contributed by atoms with Crippen LogP contribution in [0.3, 0.4) is 0 Å². The maximum atomic E-state index is 11.2. The molecule has 1 atom stereocenters. The summed E-state index contributed by atoms with van der Waals surface area (Å²) in [4.78, 5) is 23.9. The van der Waals surface area contributed by atoms with Crippen molar-refractivity contribution in [3.63, 3.8) is 0 Å². The maximum absolute atomic E-state index is 11.2. The molecule has 5 heteroatoms. The first-order chi connectivity index (χ1) is 5.70. The van der Waals surface area contributed by atoms with E-state index in [1.807, 2.05) is 0 Å². The van der Waals surface area contributed by atoms with Gasteiger partial charge in [0, 0.05) is 6.42 Å². The first-order valence-corrected chi connectivity index (χ1v) is 3.86. The number of nitrogens with one attached hydrogen (secondary N) is 1. The van der Waals surface area contributed by atoms with Crippen molar-refractivity contribution in [3.05, 3.63) is 0 Å². The smallest absolute Gasteiger partial charge is 0.263 e. The van der Waals surface area contributed by atoms with Gasteiger partial charge in [-0.15, -0.1) is 0 Å². The van der Waals surface area contributed by atoms with E-state index in [2.05, 4.69) is 10.5 Å². The Bertz CT molecular complexity index is 282. The Labute approximate surface area is 69.4 Å². The second kappa shape index (κ2) is 2.30. The van der Waals surface area contributed by atoms with Gasteiger partial charge in [-0.05, 0) is 13.3 Å². The standard InChI is InChI=1S/C7H9N3O2/c1-4-8-9-7(12)5-2-3-6(11)10(4)5/h5H,2-3H2,1H3,(H,9,12). The number of amides is 2. The highest BCUT2D eigenvalue weighted by Gasteiger charge is 2.39. The first kappa shape index (κ1) is 7.27. The van der Waals surface area contributed by atoms with Crippen LogP contribution >= 0.6 is 0 Å². The van der Waals surface area contributed by atoms with Crippen LogP contribution in [0.1, 0.15) is 19.8 Å². The number of carbonyl (C=O) groups excluding carboxylic acids is 2. The van der Waals surface area contributed by atoms with Gasteiger partial charge in [-0.1, -0.05) is 0 Å². The summed E-state index contributed by atoms with van der Waals surface area (Å²) in [5.41, 5.74) is 2.38. The number of carbonyl (C=O) groups is 2. The minimum absolute atomic E-state index is 0.00361. The highest BCUT2D eigenvalue weighted by atomic mass is 16.2. The summed E-state index contributed by atoms with van der Waals surface area (Å²) in [5.74, 6) is 0.407. The molecule has 0 aromatic heterocycles. The number of hydrogen-bond acceptors (Lipinski definition) is 3. The van der Waals surface area contributed by atoms with E-state index in [1.54, 1.807) is 6.92 Å². The van der Waals surface area contributed by atoms with Crippen LogP contribution in [0.4, 0.5) is 0 Å². The fourth-order valence-electron chi connectivity index (χ4n) is 1.60. The van der Waals surface area contributed by atoms with Crippen LogP contribution in [-0.2, 0) is 9.59 Å². The summed E-state index contributed by atoms with van der Waals surface area (Å²) < 4.78 is 0. The highest BCUT2D eigenvalue weighted by molar-refractivity contribution is 6.06. The van der Waals surface area contributed by atoms with Crippen molar-refractivity contribution in [1.29, 1.82) is 0 Å². The molecule has 1 N–H and O–H groups in total. The lowest BCUT2D eigenvalue weighted by atomic mass is 10.2. The minimum Gasteiger partial charge on any atom is -0.286 e. The molecule has 1 fully saturated rings. The summed E-state index contributed by atoms with van der Waals surface area (Å²) in [6.07, 6.45) is 1.06. The van der Waals surface area contributed by atoms with Crippen LogP contribution in [0.2, 0.25) is 0 Å². The normalized spacial score (nSPS) is 28.2. The van der Waals surface area contributed by atoms with Crippen LogP contribution in [0.15, 0.2) is 5.10 Å². The predicted octanol–water partition coefficient (Wildman–Crippen LogP) is -0.559. The molecule has 2 rings (SSSR count). The van der Waals surface area contributed by atoms with Gasteiger partial charge in [0.15, 0.2) is 0 Å². The molecular weight excluding hydrogens is 158 g/mol. The third-order valence-corrected chi connectivity index (χ3v) is 2.19. The molecule has 2 amide bonds. The molecule has 12 heavy (non-hydrogen) atoms. The van der Waals surface area contributed by atoms with Crippen LogP contribution in [0.25, 0.3) is 0 Å². The van der Waals surface area contributed by atoms with Gasteiger partial charge in [-0.3, -0.25) is 14.5 Å². The fraction of sp³-hybridized carbons (Fsp3) is 0.571. The molecule has 2 aliphatic rings. The highest BCUT2D eigenvalue weighted by Crippen LogP contribution is 2.21. The second-order valence-electron chi connectivity index (χ2n) is 2.95. The number of fused-ring (bicyclic) bond motifs is 1. The van der Waals surface area contributed by atoms with Gasteiger partial charge >= 0.3 is 0 Å². The Kier molecular flexibility index (Phi) is 1.39. The minimum atomic E-state index is -0.310. The number of hydrazone groups is 1. The molecule has 0 bridgehead atoms. The largest absolute Gasteiger partial charge is 0.286 e. The van der Waals surface area contributed by atoms with Gasteiger partial charge < -0.3 is 0 Å². The van der Waals surface area contributed by atoms with Crippen molar-refractivity contribution in [1.82, 2.24) is 10.3 Å². The van der Waals surface area contributed by atoms with Gasteiger partial charge in [-0.2, -0.15) is 5.10 Å². The molecule has 64 valence electrons. The molecule has 0 saturated carbocycles. The molecular formula is C7H9N3O2. The van der Waals surface area contributed by atoms with Gasteiger partial charge in [0.2, 0.25) is 5.91 Å². The van der Waals surface area contributed by atoms with Gasteiger partial charge in [0.05, 0.1) is 0 Å². The van der Waals surface area contributed by atoms with E-state index < -0.39 is 0 Å². The number of amidine groups is 1. The SMILES string of the molecule is CC1=NNC(=O)C2CCC(=O)N12. The summed E-state index contributed by atoms with van der Waals surface area (Å²) in [5, 5.41) is 3.73. The van der Waals surface area contributed by atoms with Crippen molar-refractivity contribution >= 4 is 17.6 Å². The van der Waals surface area contributed by atoms with E-state index in [0.717, 1.165) is 0 Å². The van der Waals surface area contributed by atoms with Crippen LogP contribution in [0, 0.1) is 0 Å². The van der Waals surface area contributed by atoms with E-state index in [-0.39, 0.29) is 17.9 Å². The summed E-state index contributed by atoms with van der Waals surface area (Å²) in [6.45, 7) is 1.72. The van der Waals surface area contributed by atoms with Gasteiger partial charge in [0.25, 0.3) is 5.91 Å². The zero-order valence-corrected chi connectivity index (χ0v) is 6.70. The van der Waals surface area contributed by atoms with Crippen LogP contribution in [-0.4, -0.2) is 28.6 Å². The van der Waals surface area contributed by atoms with Crippen molar-refractivity contribution in [2.45, 2.75) is 25.8 Å². The lowest BCUT2D eigenvalue weighted by molar-refractivity contribution is -0.132. The number of rotatable bonds is 0. The van der Waals surface area contributed by atoms with Crippen molar-refractivity contribution in [2.24, 2.45) is 5.10 Å². The molecule has 1 saturated heterocycles. The van der Waals surface area contributed by atoms with E-state index >= 15 is 0 Å². The molecule has 0 radical (unpaired) electrons. The zero-order chi connectivity index (χ0) is 8.72. The summed E-state index contributed by atoms with van der Waals surface area (Å²) >= 11 is 0. The molecule has 0 aromatic carbocycles. The molecule has 0 spiro atoms. The molecule has 2 aliphatic heterocycles. The molecule has 5 nitrogen and oxygen atoms in total. The predicted molar refractivity (Wildman–Crippen MR) is 41.1 cm³/mol. The Morgan fingerprint density at radius 2 is 2.33 bits per heavy atom. The third-order valence-electron chi connectivity index (χ3n) is 2.19. The van der Waals surface area contributed by atoms with E-state index in [4.69, 9.17) is 0 Å². The summed E-state index contributed by atoms with van der Waals surface area (Å²) in [7, 11) is 0. The average molecular weight is 167 g/mol. The van der Waals surface area contributed by atoms with Gasteiger partial charge in [0.1, 0.15) is 11.9 Å². The first-order valence-electron chi connectivity index (χ1n) is 3.86. The topological polar surface area (TPSA) is 61.8 Å². The Morgan fingerprint density at radius 1 is 1.58 bits per heavy atom. The quantitative estimate of drug-likeness (QED) is 0.525. The van der Waals surface area contributed by atoms with E-state index in [1.165, 1.54) is 4.90 Å². The average Bonchev–Trinajstić information content (AvgIpc) is 2.42. The maximum Gasteiger partial charge on any atom is 0.263 e. The van der Waals surface area contributed by atoms with Crippen LogP contribution < -0.4 is 5.43 Å². The zero-order valence-electron chi connectivity index (χ0n) is 6.70. The molecule has 0 aliphatic carbocycles. The van der Waals surface area contributed by atoms with Crippen LogP contribution in [0.5, 0.6) is 0 Å². The molecule has 2 heterocycles. The van der Waals surface area contributed by atoms with Gasteiger partial charge in [-0.25, -0.2) is 5.43 Å². The fourth-order valence-corrected chi connectivity index (χ4v) is 1.60. The lowest BCUT2D eigenvalue weighted by Crippen LogP contribution is -2.50. The van der Waals surface area contributed by atoms with E-state index in [9.17, 15) is 9.59 Å².